The van der Waals surface area contributed by atoms with Gasteiger partial charge >= 0.3 is 5.97 Å². The van der Waals surface area contributed by atoms with Gasteiger partial charge in [0.05, 0.1) is 12.5 Å². The zero-order valence-electron chi connectivity index (χ0n) is 6.53. The van der Waals surface area contributed by atoms with Crippen LogP contribution in [0.25, 0.3) is 0 Å². The van der Waals surface area contributed by atoms with E-state index in [1.807, 2.05) is 0 Å². The van der Waals surface area contributed by atoms with Gasteiger partial charge in [0, 0.05) is 6.42 Å². The van der Waals surface area contributed by atoms with Crippen molar-refractivity contribution < 1.29 is 19.4 Å². The molecular weight excluding hydrogens is 160 g/mol. The maximum atomic E-state index is 11.2. The fourth-order valence-corrected chi connectivity index (χ4v) is 2.03. The van der Waals surface area contributed by atoms with Gasteiger partial charge in [0.1, 0.15) is 5.78 Å². The number of carboxylic acid groups (broad SMARTS) is 1. The second kappa shape index (κ2) is 2.55. The lowest BCUT2D eigenvalue weighted by atomic mass is 9.96. The van der Waals surface area contributed by atoms with E-state index < -0.39 is 12.1 Å². The summed E-state index contributed by atoms with van der Waals surface area (Å²) >= 11 is 0. The Morgan fingerprint density at radius 2 is 2.33 bits per heavy atom. The number of ether oxygens (including phenoxy) is 1. The number of aliphatic carboxylic acids is 1. The SMILES string of the molecule is O=C1C[C@H]2CO[C@@H](C(=O)O)[C@@H]1C2. The third kappa shape index (κ3) is 1.03. The van der Waals surface area contributed by atoms with Crippen molar-refractivity contribution in [2.45, 2.75) is 18.9 Å². The number of carboxylic acids is 1. The van der Waals surface area contributed by atoms with Crippen LogP contribution in [-0.2, 0) is 14.3 Å². The van der Waals surface area contributed by atoms with Crippen LogP contribution in [0.2, 0.25) is 0 Å². The predicted octanol–water partition coefficient (Wildman–Crippen LogP) is 0.0651. The Balaban J connectivity index is 2.18. The van der Waals surface area contributed by atoms with Crippen molar-refractivity contribution in [1.82, 2.24) is 0 Å². The molecule has 4 heteroatoms. The zero-order valence-corrected chi connectivity index (χ0v) is 6.53. The summed E-state index contributed by atoms with van der Waals surface area (Å²) < 4.78 is 5.08. The summed E-state index contributed by atoms with van der Waals surface area (Å²) in [5.74, 6) is -1.04. The first-order valence-electron chi connectivity index (χ1n) is 4.05. The molecule has 2 rings (SSSR count). The molecule has 0 aromatic carbocycles. The highest BCUT2D eigenvalue weighted by atomic mass is 16.5. The van der Waals surface area contributed by atoms with Crippen molar-refractivity contribution in [2.24, 2.45) is 11.8 Å². The van der Waals surface area contributed by atoms with Crippen LogP contribution in [0.4, 0.5) is 0 Å². The average molecular weight is 170 g/mol. The Hall–Kier alpha value is -0.900. The normalized spacial score (nSPS) is 40.0. The van der Waals surface area contributed by atoms with Crippen LogP contribution in [0.5, 0.6) is 0 Å². The van der Waals surface area contributed by atoms with Gasteiger partial charge in [-0.3, -0.25) is 4.79 Å². The fourth-order valence-electron chi connectivity index (χ4n) is 2.03. The van der Waals surface area contributed by atoms with Gasteiger partial charge in [-0.05, 0) is 12.3 Å². The molecule has 2 bridgehead atoms. The summed E-state index contributed by atoms with van der Waals surface area (Å²) in [6.07, 6.45) is 0.334. The lowest BCUT2D eigenvalue weighted by Gasteiger charge is -2.24. The maximum absolute atomic E-state index is 11.2. The highest BCUT2D eigenvalue weighted by Crippen LogP contribution is 2.36. The standard InChI is InChI=1S/C8H10O4/c9-6-2-4-1-5(6)7(8(10)11)12-3-4/h4-5,7H,1-3H2,(H,10,11)/t4-,5+,7+/m0/s1. The molecule has 1 heterocycles. The minimum atomic E-state index is -1.01. The number of rotatable bonds is 1. The van der Waals surface area contributed by atoms with E-state index >= 15 is 0 Å². The lowest BCUT2D eigenvalue weighted by molar-refractivity contribution is -0.159. The number of carbonyl (C=O) groups is 2. The Morgan fingerprint density at radius 3 is 3.00 bits per heavy atom. The van der Waals surface area contributed by atoms with Crippen LogP contribution in [-0.4, -0.2) is 29.6 Å². The smallest absolute Gasteiger partial charge is 0.333 e. The van der Waals surface area contributed by atoms with Gasteiger partial charge in [-0.25, -0.2) is 4.79 Å². The molecule has 2 aliphatic rings. The van der Waals surface area contributed by atoms with Gasteiger partial charge < -0.3 is 9.84 Å². The van der Waals surface area contributed by atoms with E-state index in [0.717, 1.165) is 0 Å². The van der Waals surface area contributed by atoms with Gasteiger partial charge in [-0.15, -0.1) is 0 Å². The second-order valence-electron chi connectivity index (χ2n) is 3.47. The molecular formula is C8H10O4. The van der Waals surface area contributed by atoms with Crippen LogP contribution in [0.3, 0.4) is 0 Å². The highest BCUT2D eigenvalue weighted by molar-refractivity contribution is 5.89. The van der Waals surface area contributed by atoms with Crippen molar-refractivity contribution in [3.05, 3.63) is 0 Å². The molecule has 0 spiro atoms. The number of fused-ring (bicyclic) bond motifs is 2. The number of hydrogen-bond acceptors (Lipinski definition) is 3. The van der Waals surface area contributed by atoms with E-state index in [9.17, 15) is 9.59 Å². The molecule has 0 radical (unpaired) electrons. The Bertz CT molecular complexity index is 235. The summed E-state index contributed by atoms with van der Waals surface area (Å²) in [5.41, 5.74) is 0. The Labute approximate surface area is 69.5 Å². The molecule has 1 saturated heterocycles. The third-order valence-electron chi connectivity index (χ3n) is 2.61. The van der Waals surface area contributed by atoms with Crippen molar-refractivity contribution in [3.8, 4) is 0 Å². The van der Waals surface area contributed by atoms with E-state index in [0.29, 0.717) is 19.4 Å². The van der Waals surface area contributed by atoms with E-state index in [1.165, 1.54) is 0 Å². The first-order valence-corrected chi connectivity index (χ1v) is 4.05. The molecule has 0 unspecified atom stereocenters. The van der Waals surface area contributed by atoms with Gasteiger partial charge in [0.15, 0.2) is 6.10 Å². The van der Waals surface area contributed by atoms with E-state index in [1.54, 1.807) is 0 Å². The zero-order chi connectivity index (χ0) is 8.72. The van der Waals surface area contributed by atoms with Gasteiger partial charge in [-0.1, -0.05) is 0 Å². The highest BCUT2D eigenvalue weighted by Gasteiger charge is 2.45. The van der Waals surface area contributed by atoms with Crippen molar-refractivity contribution in [3.63, 3.8) is 0 Å². The first kappa shape index (κ1) is 7.73. The van der Waals surface area contributed by atoms with E-state index in [-0.39, 0.29) is 17.6 Å². The van der Waals surface area contributed by atoms with Crippen molar-refractivity contribution in [2.75, 3.05) is 6.61 Å². The molecule has 4 nitrogen and oxygen atoms in total. The molecule has 0 aromatic heterocycles. The van der Waals surface area contributed by atoms with Crippen LogP contribution >= 0.6 is 0 Å². The summed E-state index contributed by atoms with van der Waals surface area (Å²) in [6.45, 7) is 0.430. The van der Waals surface area contributed by atoms with E-state index in [4.69, 9.17) is 9.84 Å². The fraction of sp³-hybridized carbons (Fsp3) is 0.750. The largest absolute Gasteiger partial charge is 0.479 e. The minimum absolute atomic E-state index is 0.0601. The number of Topliss-reactive ketones (excluding diaryl/α,β-unsaturated/α-hetero) is 1. The molecule has 0 aromatic rings. The lowest BCUT2D eigenvalue weighted by Crippen LogP contribution is -2.37. The quantitative estimate of drug-likeness (QED) is 0.604. The maximum Gasteiger partial charge on any atom is 0.333 e. The second-order valence-corrected chi connectivity index (χ2v) is 3.47. The van der Waals surface area contributed by atoms with Crippen molar-refractivity contribution >= 4 is 11.8 Å². The molecule has 1 saturated carbocycles. The summed E-state index contributed by atoms with van der Waals surface area (Å²) in [5, 5.41) is 8.70. The number of ketones is 1. The third-order valence-corrected chi connectivity index (χ3v) is 2.61. The molecule has 66 valence electrons. The van der Waals surface area contributed by atoms with Gasteiger partial charge in [-0.2, -0.15) is 0 Å². The molecule has 1 aliphatic carbocycles. The number of carbonyl (C=O) groups excluding carboxylic acids is 1. The first-order chi connectivity index (χ1) is 5.68. The van der Waals surface area contributed by atoms with Crippen LogP contribution in [0.15, 0.2) is 0 Å². The Morgan fingerprint density at radius 1 is 1.58 bits per heavy atom. The average Bonchev–Trinajstić information content (AvgIpc) is 2.28. The molecule has 1 aliphatic heterocycles. The predicted molar refractivity (Wildman–Crippen MR) is 38.6 cm³/mol. The minimum Gasteiger partial charge on any atom is -0.479 e. The molecule has 3 atom stereocenters. The summed E-state index contributed by atoms with van der Waals surface area (Å²) in [6, 6.07) is 0. The van der Waals surface area contributed by atoms with Gasteiger partial charge in [0.25, 0.3) is 0 Å². The van der Waals surface area contributed by atoms with Crippen LogP contribution in [0.1, 0.15) is 12.8 Å². The molecule has 1 N–H and O–H groups in total. The molecule has 2 fully saturated rings. The summed E-state index contributed by atoms with van der Waals surface area (Å²) in [4.78, 5) is 21.8. The van der Waals surface area contributed by atoms with Crippen LogP contribution < -0.4 is 0 Å². The molecule has 0 amide bonds. The van der Waals surface area contributed by atoms with Crippen molar-refractivity contribution in [1.29, 1.82) is 0 Å². The summed E-state index contributed by atoms with van der Waals surface area (Å²) in [7, 11) is 0. The number of hydrogen-bond donors (Lipinski definition) is 1. The van der Waals surface area contributed by atoms with Crippen LogP contribution in [0, 0.1) is 11.8 Å². The van der Waals surface area contributed by atoms with E-state index in [2.05, 4.69) is 0 Å². The monoisotopic (exact) mass is 170 g/mol. The van der Waals surface area contributed by atoms with Gasteiger partial charge in [0.2, 0.25) is 0 Å². The molecule has 12 heavy (non-hydrogen) atoms. The topological polar surface area (TPSA) is 63.6 Å². The Kier molecular flexibility index (Phi) is 1.65.